The molecule has 21 heavy (non-hydrogen) atoms. The number of nitrogens with zero attached hydrogens (tertiary/aromatic N) is 2. The predicted octanol–water partition coefficient (Wildman–Crippen LogP) is 2.59. The van der Waals surface area contributed by atoms with Crippen molar-refractivity contribution in [2.75, 3.05) is 31.9 Å². The Hall–Kier alpha value is -0.620. The molecule has 1 aromatic rings. The Balaban J connectivity index is 1.87. The van der Waals surface area contributed by atoms with Gasteiger partial charge >= 0.3 is 0 Å². The average Bonchev–Trinajstić information content (AvgIpc) is 2.48. The van der Waals surface area contributed by atoms with Gasteiger partial charge in [-0.05, 0) is 18.1 Å². The van der Waals surface area contributed by atoms with Gasteiger partial charge in [-0.2, -0.15) is 4.31 Å². The molecule has 1 aliphatic rings. The first-order chi connectivity index (χ1) is 10.0. The lowest BCUT2D eigenvalue weighted by Gasteiger charge is -2.34. The number of piperazine rings is 1. The van der Waals surface area contributed by atoms with Gasteiger partial charge < -0.3 is 0 Å². The van der Waals surface area contributed by atoms with Crippen LogP contribution in [0.4, 0.5) is 0 Å². The number of hydrogen-bond donors (Lipinski definition) is 0. The van der Waals surface area contributed by atoms with Gasteiger partial charge in [0.25, 0.3) is 0 Å². The summed E-state index contributed by atoms with van der Waals surface area (Å²) in [6.45, 7) is 5.47. The van der Waals surface area contributed by atoms with E-state index in [-0.39, 0.29) is 5.75 Å². The summed E-state index contributed by atoms with van der Waals surface area (Å²) in [4.78, 5) is 2.26. The Labute approximate surface area is 132 Å². The van der Waals surface area contributed by atoms with E-state index >= 15 is 0 Å². The van der Waals surface area contributed by atoms with Gasteiger partial charge in [0.05, 0.1) is 5.75 Å². The molecule has 1 heterocycles. The molecule has 0 spiro atoms. The molecule has 0 amide bonds. The van der Waals surface area contributed by atoms with E-state index in [4.69, 9.17) is 11.6 Å². The zero-order valence-electron chi connectivity index (χ0n) is 12.5. The first-order valence-corrected chi connectivity index (χ1v) is 9.45. The number of unbranched alkanes of at least 4 members (excludes halogenated alkanes) is 1. The quantitative estimate of drug-likeness (QED) is 0.805. The molecule has 0 radical (unpaired) electrons. The Morgan fingerprint density at radius 2 is 1.81 bits per heavy atom. The fourth-order valence-electron chi connectivity index (χ4n) is 2.49. The summed E-state index contributed by atoms with van der Waals surface area (Å²) in [5.41, 5.74) is 1.10. The van der Waals surface area contributed by atoms with Crippen LogP contribution in [0.1, 0.15) is 25.3 Å². The van der Waals surface area contributed by atoms with E-state index in [1.165, 1.54) is 0 Å². The topological polar surface area (TPSA) is 40.6 Å². The highest BCUT2D eigenvalue weighted by atomic mass is 35.5. The van der Waals surface area contributed by atoms with E-state index in [9.17, 15) is 8.42 Å². The summed E-state index contributed by atoms with van der Waals surface area (Å²) in [5, 5.41) is 0.774. The van der Waals surface area contributed by atoms with Crippen molar-refractivity contribution in [1.82, 2.24) is 9.21 Å². The van der Waals surface area contributed by atoms with Crippen molar-refractivity contribution in [3.63, 3.8) is 0 Å². The molecule has 1 aliphatic heterocycles. The van der Waals surface area contributed by atoms with Crippen LogP contribution in [-0.4, -0.2) is 49.6 Å². The molecule has 0 saturated carbocycles. The third-order valence-electron chi connectivity index (χ3n) is 3.83. The van der Waals surface area contributed by atoms with E-state index in [0.29, 0.717) is 13.1 Å². The lowest BCUT2D eigenvalue weighted by molar-refractivity contribution is 0.181. The number of sulfonamides is 1. The fourth-order valence-corrected chi connectivity index (χ4v) is 4.32. The Morgan fingerprint density at radius 3 is 2.43 bits per heavy atom. The molecule has 1 saturated heterocycles. The number of rotatable bonds is 6. The summed E-state index contributed by atoms with van der Waals surface area (Å²) in [6, 6.07) is 7.81. The fraction of sp³-hybridized carbons (Fsp3) is 0.600. The first kappa shape index (κ1) is 16.7. The molecule has 0 atom stereocenters. The smallest absolute Gasteiger partial charge is 0.214 e. The summed E-state index contributed by atoms with van der Waals surface area (Å²) in [6.07, 6.45) is 1.65. The van der Waals surface area contributed by atoms with Crippen LogP contribution in [-0.2, 0) is 16.6 Å². The van der Waals surface area contributed by atoms with Crippen molar-refractivity contribution in [3.8, 4) is 0 Å². The van der Waals surface area contributed by atoms with Crippen molar-refractivity contribution < 1.29 is 8.42 Å². The van der Waals surface area contributed by atoms with Gasteiger partial charge in [0.15, 0.2) is 0 Å². The molecule has 0 aliphatic carbocycles. The zero-order valence-corrected chi connectivity index (χ0v) is 14.0. The maximum Gasteiger partial charge on any atom is 0.214 e. The third-order valence-corrected chi connectivity index (χ3v) is 6.16. The van der Waals surface area contributed by atoms with Crippen LogP contribution in [0.25, 0.3) is 0 Å². The van der Waals surface area contributed by atoms with E-state index in [0.717, 1.165) is 43.1 Å². The van der Waals surface area contributed by atoms with Gasteiger partial charge in [-0.1, -0.05) is 43.1 Å². The van der Waals surface area contributed by atoms with Crippen molar-refractivity contribution in [1.29, 1.82) is 0 Å². The molecular weight excluding hydrogens is 308 g/mol. The minimum atomic E-state index is -3.07. The minimum Gasteiger partial charge on any atom is -0.296 e. The van der Waals surface area contributed by atoms with Gasteiger partial charge in [0.2, 0.25) is 10.0 Å². The van der Waals surface area contributed by atoms with E-state index in [1.807, 2.05) is 31.2 Å². The lowest BCUT2D eigenvalue weighted by atomic mass is 10.2. The molecule has 1 aromatic carbocycles. The van der Waals surface area contributed by atoms with Crippen LogP contribution in [0.5, 0.6) is 0 Å². The van der Waals surface area contributed by atoms with Gasteiger partial charge in [-0.25, -0.2) is 8.42 Å². The first-order valence-electron chi connectivity index (χ1n) is 7.46. The number of hydrogen-bond acceptors (Lipinski definition) is 3. The molecule has 4 nitrogen and oxygen atoms in total. The highest BCUT2D eigenvalue weighted by Crippen LogP contribution is 2.18. The minimum absolute atomic E-state index is 0.272. The van der Waals surface area contributed by atoms with Crippen LogP contribution in [0.2, 0.25) is 5.02 Å². The van der Waals surface area contributed by atoms with Crippen LogP contribution < -0.4 is 0 Å². The van der Waals surface area contributed by atoms with Gasteiger partial charge in [0, 0.05) is 37.7 Å². The number of benzene rings is 1. The molecule has 6 heteroatoms. The molecule has 118 valence electrons. The summed E-state index contributed by atoms with van der Waals surface area (Å²) < 4.78 is 25.9. The standard InChI is InChI=1S/C15H23ClN2O2S/c1-2-3-12-21(19,20)18-10-8-17(9-11-18)13-14-6-4-5-7-15(14)16/h4-7H,2-3,8-13H2,1H3. The second-order valence-corrected chi connectivity index (χ2v) is 7.93. The summed E-state index contributed by atoms with van der Waals surface area (Å²) >= 11 is 6.17. The van der Waals surface area contributed by atoms with Crippen molar-refractivity contribution in [2.24, 2.45) is 0 Å². The largest absolute Gasteiger partial charge is 0.296 e. The Morgan fingerprint density at radius 1 is 1.14 bits per heavy atom. The van der Waals surface area contributed by atoms with Crippen molar-refractivity contribution in [3.05, 3.63) is 34.9 Å². The van der Waals surface area contributed by atoms with Crippen molar-refractivity contribution >= 4 is 21.6 Å². The second kappa shape index (κ2) is 7.58. The summed E-state index contributed by atoms with van der Waals surface area (Å²) in [7, 11) is -3.07. The maximum atomic E-state index is 12.1. The average molecular weight is 331 g/mol. The highest BCUT2D eigenvalue weighted by Gasteiger charge is 2.26. The van der Waals surface area contributed by atoms with E-state index in [2.05, 4.69) is 4.90 Å². The highest BCUT2D eigenvalue weighted by molar-refractivity contribution is 7.89. The Bertz CT molecular complexity index is 555. The van der Waals surface area contributed by atoms with Crippen LogP contribution in [0.15, 0.2) is 24.3 Å². The monoisotopic (exact) mass is 330 g/mol. The van der Waals surface area contributed by atoms with E-state index in [1.54, 1.807) is 4.31 Å². The molecular formula is C15H23ClN2O2S. The van der Waals surface area contributed by atoms with Crippen LogP contribution in [0, 0.1) is 0 Å². The van der Waals surface area contributed by atoms with E-state index < -0.39 is 10.0 Å². The molecule has 1 fully saturated rings. The molecule has 0 N–H and O–H groups in total. The predicted molar refractivity (Wildman–Crippen MR) is 87.0 cm³/mol. The molecule has 0 bridgehead atoms. The number of halogens is 1. The zero-order chi connectivity index (χ0) is 15.3. The van der Waals surface area contributed by atoms with Gasteiger partial charge in [-0.15, -0.1) is 0 Å². The summed E-state index contributed by atoms with van der Waals surface area (Å²) in [5.74, 6) is 0.272. The van der Waals surface area contributed by atoms with Crippen LogP contribution >= 0.6 is 11.6 Å². The molecule has 2 rings (SSSR count). The second-order valence-electron chi connectivity index (χ2n) is 5.44. The van der Waals surface area contributed by atoms with Crippen LogP contribution in [0.3, 0.4) is 0 Å². The van der Waals surface area contributed by atoms with Gasteiger partial charge in [0.1, 0.15) is 0 Å². The van der Waals surface area contributed by atoms with Crippen molar-refractivity contribution in [2.45, 2.75) is 26.3 Å². The SMILES string of the molecule is CCCCS(=O)(=O)N1CCN(Cc2ccccc2Cl)CC1. The molecule has 0 unspecified atom stereocenters. The maximum absolute atomic E-state index is 12.1. The Kier molecular flexibility index (Phi) is 6.05. The van der Waals surface area contributed by atoms with Gasteiger partial charge in [-0.3, -0.25) is 4.90 Å². The third kappa shape index (κ3) is 4.68. The molecule has 0 aromatic heterocycles. The lowest BCUT2D eigenvalue weighted by Crippen LogP contribution is -2.48. The normalized spacial score (nSPS) is 18.0.